The van der Waals surface area contributed by atoms with Crippen LogP contribution in [0.3, 0.4) is 0 Å². The maximum atomic E-state index is 13.4. The van der Waals surface area contributed by atoms with Gasteiger partial charge in [0.1, 0.15) is 0 Å². The second kappa shape index (κ2) is 16.1. The minimum Gasteiger partial charge on any atom is -0.469 e. The average molecular weight is 485 g/mol. The van der Waals surface area contributed by atoms with E-state index in [2.05, 4.69) is 6.92 Å². The van der Waals surface area contributed by atoms with Gasteiger partial charge in [-0.05, 0) is 53.4 Å². The van der Waals surface area contributed by atoms with Gasteiger partial charge in [0.25, 0.3) is 0 Å². The van der Waals surface area contributed by atoms with Gasteiger partial charge in [0.05, 0.1) is 37.1 Å². The predicted octanol–water partition coefficient (Wildman–Crippen LogP) is 7.03. The van der Waals surface area contributed by atoms with Gasteiger partial charge in [0.2, 0.25) is 0 Å². The van der Waals surface area contributed by atoms with E-state index >= 15 is 0 Å². The lowest BCUT2D eigenvalue weighted by Gasteiger charge is -2.43. The van der Waals surface area contributed by atoms with Crippen molar-refractivity contribution in [3.8, 4) is 0 Å². The van der Waals surface area contributed by atoms with E-state index < -0.39 is 28.2 Å². The highest BCUT2D eigenvalue weighted by atomic mass is 16.5. The zero-order valence-electron chi connectivity index (χ0n) is 23.3. The molecule has 2 unspecified atom stereocenters. The average Bonchev–Trinajstić information content (AvgIpc) is 2.83. The molecule has 6 heteroatoms. The van der Waals surface area contributed by atoms with Crippen molar-refractivity contribution in [2.45, 2.75) is 125 Å². The van der Waals surface area contributed by atoms with E-state index in [0.717, 1.165) is 19.3 Å². The molecule has 0 heterocycles. The smallest absolute Gasteiger partial charge is 0.312 e. The summed E-state index contributed by atoms with van der Waals surface area (Å²) in [5, 5.41) is 0. The van der Waals surface area contributed by atoms with E-state index in [9.17, 15) is 14.4 Å². The van der Waals surface area contributed by atoms with Gasteiger partial charge in [-0.2, -0.15) is 0 Å². The van der Waals surface area contributed by atoms with Crippen LogP contribution in [0.5, 0.6) is 0 Å². The lowest BCUT2D eigenvalue weighted by atomic mass is 9.60. The van der Waals surface area contributed by atoms with Gasteiger partial charge in [-0.1, -0.05) is 71.6 Å². The summed E-state index contributed by atoms with van der Waals surface area (Å²) in [4.78, 5) is 38.3. The third-order valence-electron chi connectivity index (χ3n) is 7.73. The number of hydrogen-bond acceptors (Lipinski definition) is 6. The van der Waals surface area contributed by atoms with Crippen molar-refractivity contribution < 1.29 is 28.6 Å². The van der Waals surface area contributed by atoms with Gasteiger partial charge in [-0.3, -0.25) is 14.4 Å². The number of hydrogen-bond donors (Lipinski definition) is 0. The van der Waals surface area contributed by atoms with E-state index in [1.807, 2.05) is 6.92 Å². The maximum Gasteiger partial charge on any atom is 0.312 e. The third kappa shape index (κ3) is 9.58. The lowest BCUT2D eigenvalue weighted by Crippen LogP contribution is -2.50. The highest BCUT2D eigenvalue weighted by Gasteiger charge is 2.56. The van der Waals surface area contributed by atoms with Crippen LogP contribution >= 0.6 is 0 Å². The van der Waals surface area contributed by atoms with Crippen LogP contribution in [-0.4, -0.2) is 38.7 Å². The lowest BCUT2D eigenvalue weighted by molar-refractivity contribution is -0.179. The Labute approximate surface area is 208 Å². The molecule has 0 amide bonds. The number of methoxy groups -OCH3 is 2. The highest BCUT2D eigenvalue weighted by molar-refractivity contribution is 5.88. The molecule has 0 rings (SSSR count). The monoisotopic (exact) mass is 484 g/mol. The number of unbranched alkanes of at least 4 members (excludes halogenated alkanes) is 9. The molecule has 200 valence electrons. The van der Waals surface area contributed by atoms with Crippen molar-refractivity contribution >= 4 is 17.9 Å². The molecule has 0 N–H and O–H groups in total. The van der Waals surface area contributed by atoms with Crippen LogP contribution in [0.2, 0.25) is 0 Å². The van der Waals surface area contributed by atoms with Gasteiger partial charge in [-0.15, -0.1) is 0 Å². The minimum absolute atomic E-state index is 0.311. The number of carbonyl (C=O) groups excluding carboxylic acids is 3. The summed E-state index contributed by atoms with van der Waals surface area (Å²) in [6, 6.07) is 0. The molecule has 0 radical (unpaired) electrons. The zero-order valence-corrected chi connectivity index (χ0v) is 23.3. The maximum absolute atomic E-state index is 13.4. The molecule has 0 aliphatic heterocycles. The Hall–Kier alpha value is -1.59. The van der Waals surface area contributed by atoms with E-state index in [1.54, 1.807) is 27.7 Å². The predicted molar refractivity (Wildman–Crippen MR) is 136 cm³/mol. The first-order chi connectivity index (χ1) is 16.0. The standard InChI is InChI=1S/C28H52O6/c1-9-11-12-13-14-15-16-17-18-19-22-34-25(31)28(6,27(5,10-2)24(30)33-8)21-20-26(3,4)23(29)32-7/h9-22H2,1-8H3. The topological polar surface area (TPSA) is 78.9 Å². The van der Waals surface area contributed by atoms with Gasteiger partial charge in [-0.25, -0.2) is 0 Å². The first kappa shape index (κ1) is 32.4. The van der Waals surface area contributed by atoms with Crippen LogP contribution in [0.15, 0.2) is 0 Å². The SMILES string of the molecule is CCCCCCCCCCCCOC(=O)C(C)(CCC(C)(C)C(=O)OC)C(C)(CC)C(=O)OC. The summed E-state index contributed by atoms with van der Waals surface area (Å²) >= 11 is 0. The number of rotatable bonds is 19. The van der Waals surface area contributed by atoms with Crippen molar-refractivity contribution in [3.05, 3.63) is 0 Å². The molecular weight excluding hydrogens is 432 g/mol. The Morgan fingerprint density at radius 3 is 1.50 bits per heavy atom. The summed E-state index contributed by atoms with van der Waals surface area (Å²) in [5.74, 6) is -1.19. The molecule has 0 aromatic carbocycles. The van der Waals surface area contributed by atoms with Gasteiger partial charge >= 0.3 is 17.9 Å². The Morgan fingerprint density at radius 1 is 0.588 bits per heavy atom. The largest absolute Gasteiger partial charge is 0.469 e. The summed E-state index contributed by atoms with van der Waals surface area (Å²) in [6.07, 6.45) is 13.2. The fraction of sp³-hybridized carbons (Fsp3) is 0.893. The van der Waals surface area contributed by atoms with Crippen molar-refractivity contribution in [1.29, 1.82) is 0 Å². The summed E-state index contributed by atoms with van der Waals surface area (Å²) in [7, 11) is 2.69. The summed E-state index contributed by atoms with van der Waals surface area (Å²) in [6.45, 7) is 11.5. The number of esters is 3. The Morgan fingerprint density at radius 2 is 1.06 bits per heavy atom. The van der Waals surface area contributed by atoms with E-state index in [4.69, 9.17) is 14.2 Å². The Bertz CT molecular complexity index is 614. The van der Waals surface area contributed by atoms with Crippen molar-refractivity contribution in [2.24, 2.45) is 16.2 Å². The zero-order chi connectivity index (χ0) is 26.3. The highest BCUT2D eigenvalue weighted by Crippen LogP contribution is 2.49. The molecule has 0 saturated carbocycles. The first-order valence-electron chi connectivity index (χ1n) is 13.3. The van der Waals surface area contributed by atoms with E-state index in [1.165, 1.54) is 59.2 Å². The van der Waals surface area contributed by atoms with Crippen LogP contribution in [0.25, 0.3) is 0 Å². The Kier molecular flexibility index (Phi) is 15.4. The molecule has 0 spiro atoms. The van der Waals surface area contributed by atoms with Crippen LogP contribution in [0.4, 0.5) is 0 Å². The summed E-state index contributed by atoms with van der Waals surface area (Å²) < 4.78 is 15.7. The van der Waals surface area contributed by atoms with Crippen LogP contribution < -0.4 is 0 Å². The molecule has 34 heavy (non-hydrogen) atoms. The fourth-order valence-electron chi connectivity index (χ4n) is 4.44. The second-order valence-corrected chi connectivity index (χ2v) is 10.7. The van der Waals surface area contributed by atoms with Gasteiger partial charge in [0, 0.05) is 0 Å². The van der Waals surface area contributed by atoms with Crippen LogP contribution in [0, 0.1) is 16.2 Å². The molecule has 0 fully saturated rings. The minimum atomic E-state index is -1.13. The fourth-order valence-corrected chi connectivity index (χ4v) is 4.44. The quantitative estimate of drug-likeness (QED) is 0.111. The first-order valence-corrected chi connectivity index (χ1v) is 13.3. The normalized spacial score (nSPS) is 15.2. The Balaban J connectivity index is 4.97. The third-order valence-corrected chi connectivity index (χ3v) is 7.73. The van der Waals surface area contributed by atoms with Gasteiger partial charge in [0.15, 0.2) is 0 Å². The van der Waals surface area contributed by atoms with Crippen molar-refractivity contribution in [1.82, 2.24) is 0 Å². The van der Waals surface area contributed by atoms with Crippen molar-refractivity contribution in [2.75, 3.05) is 20.8 Å². The number of ether oxygens (including phenoxy) is 3. The molecule has 6 nitrogen and oxygen atoms in total. The molecule has 0 aliphatic rings. The van der Waals surface area contributed by atoms with E-state index in [0.29, 0.717) is 25.9 Å². The molecule has 0 aromatic rings. The molecule has 2 atom stereocenters. The second-order valence-electron chi connectivity index (χ2n) is 10.7. The molecule has 0 saturated heterocycles. The number of carbonyl (C=O) groups is 3. The van der Waals surface area contributed by atoms with Crippen molar-refractivity contribution in [3.63, 3.8) is 0 Å². The van der Waals surface area contributed by atoms with Gasteiger partial charge < -0.3 is 14.2 Å². The molecule has 0 aromatic heterocycles. The molecule has 0 bridgehead atoms. The molecule has 0 aliphatic carbocycles. The van der Waals surface area contributed by atoms with E-state index in [-0.39, 0.29) is 5.97 Å². The summed E-state index contributed by atoms with van der Waals surface area (Å²) in [5.41, 5.74) is -2.97. The van der Waals surface area contributed by atoms with Crippen LogP contribution in [-0.2, 0) is 28.6 Å². The molecular formula is C28H52O6. The van der Waals surface area contributed by atoms with Crippen LogP contribution in [0.1, 0.15) is 125 Å².